The lowest BCUT2D eigenvalue weighted by molar-refractivity contribution is -0.129. The summed E-state index contributed by atoms with van der Waals surface area (Å²) in [6.45, 7) is 4.12. The van der Waals surface area contributed by atoms with Crippen LogP contribution >= 0.6 is 0 Å². The smallest absolute Gasteiger partial charge is 0.232 e. The summed E-state index contributed by atoms with van der Waals surface area (Å²) in [5.74, 6) is -1.29. The number of aromatic nitrogens is 2. The zero-order chi connectivity index (χ0) is 18.0. The lowest BCUT2D eigenvalue weighted by atomic mass is 9.68. The number of halogens is 2. The molecule has 4 nitrogen and oxygen atoms in total. The predicted octanol–water partition coefficient (Wildman–Crippen LogP) is 3.32. The number of hydrogen-bond acceptors (Lipinski definition) is 3. The van der Waals surface area contributed by atoms with E-state index in [2.05, 4.69) is 29.4 Å². The maximum absolute atomic E-state index is 14.1. The van der Waals surface area contributed by atoms with Gasteiger partial charge in [-0.3, -0.25) is 4.79 Å². The lowest BCUT2D eigenvalue weighted by Crippen LogP contribution is -2.48. The van der Waals surface area contributed by atoms with Crippen molar-refractivity contribution in [2.75, 3.05) is 7.05 Å². The molecule has 1 amide bonds. The fourth-order valence-electron chi connectivity index (χ4n) is 4.90. The fraction of sp³-hybridized carbons (Fsp3) is 0.421. The van der Waals surface area contributed by atoms with E-state index >= 15 is 0 Å². The van der Waals surface area contributed by atoms with Crippen LogP contribution < -0.4 is 5.32 Å². The number of likely N-dealkylation sites (N-methyl/N-ethyl adjacent to an activating group) is 1. The van der Waals surface area contributed by atoms with Gasteiger partial charge in [-0.15, -0.1) is 5.10 Å². The minimum atomic E-state index is -0.735. The highest BCUT2D eigenvalue weighted by atomic mass is 19.1. The molecule has 1 heterocycles. The Morgan fingerprint density at radius 1 is 1.24 bits per heavy atom. The number of carbonyl (C=O) groups is 1. The first-order valence-corrected chi connectivity index (χ1v) is 8.39. The normalized spacial score (nSPS) is 25.7. The molecule has 0 aliphatic heterocycles. The van der Waals surface area contributed by atoms with Gasteiger partial charge in [0.25, 0.3) is 0 Å². The van der Waals surface area contributed by atoms with Crippen LogP contribution in [0.25, 0.3) is 11.3 Å². The van der Waals surface area contributed by atoms with E-state index in [1.807, 2.05) is 0 Å². The molecule has 1 aromatic carbocycles. The highest BCUT2D eigenvalue weighted by molar-refractivity contribution is 5.91. The molecule has 0 radical (unpaired) electrons. The van der Waals surface area contributed by atoms with Gasteiger partial charge >= 0.3 is 0 Å². The number of hydrogen-bond donors (Lipinski definition) is 1. The van der Waals surface area contributed by atoms with Gasteiger partial charge in [0.2, 0.25) is 5.91 Å². The summed E-state index contributed by atoms with van der Waals surface area (Å²) in [4.78, 5) is 12.7. The number of nitrogens with zero attached hydrogens (tertiary/aromatic N) is 2. The van der Waals surface area contributed by atoms with E-state index in [4.69, 9.17) is 0 Å². The third-order valence-corrected chi connectivity index (χ3v) is 6.22. The van der Waals surface area contributed by atoms with E-state index in [0.29, 0.717) is 12.1 Å². The fourth-order valence-corrected chi connectivity index (χ4v) is 4.90. The zero-order valence-electron chi connectivity index (χ0n) is 14.4. The van der Waals surface area contributed by atoms with E-state index in [1.54, 1.807) is 13.1 Å². The quantitative estimate of drug-likeness (QED) is 0.910. The molecule has 1 saturated carbocycles. The zero-order valence-corrected chi connectivity index (χ0v) is 14.4. The van der Waals surface area contributed by atoms with Crippen molar-refractivity contribution in [1.29, 1.82) is 0 Å². The van der Waals surface area contributed by atoms with Crippen LogP contribution in [0.2, 0.25) is 0 Å². The molecule has 2 atom stereocenters. The highest BCUT2D eigenvalue weighted by Gasteiger charge is 2.67. The van der Waals surface area contributed by atoms with Crippen molar-refractivity contribution in [3.05, 3.63) is 47.2 Å². The van der Waals surface area contributed by atoms with Gasteiger partial charge in [-0.05, 0) is 47.9 Å². The molecule has 0 spiro atoms. The van der Waals surface area contributed by atoms with Gasteiger partial charge in [-0.1, -0.05) is 19.9 Å². The summed E-state index contributed by atoms with van der Waals surface area (Å²) in [6.07, 6.45) is 1.55. The molecule has 1 aromatic heterocycles. The van der Waals surface area contributed by atoms with Gasteiger partial charge in [-0.2, -0.15) is 5.10 Å². The SMILES string of the molecule is CNC(=O)[C@]12CC[C@H](c3cc(-c4c(F)cccc4F)nnc31)C2(C)C. The van der Waals surface area contributed by atoms with Crippen LogP contribution in [0.1, 0.15) is 43.9 Å². The number of fused-ring (bicyclic) bond motifs is 5. The molecule has 4 rings (SSSR count). The number of benzene rings is 1. The van der Waals surface area contributed by atoms with Crippen molar-refractivity contribution >= 4 is 5.91 Å². The molecule has 2 aromatic rings. The highest BCUT2D eigenvalue weighted by Crippen LogP contribution is 2.67. The minimum absolute atomic E-state index is 0.0714. The first-order valence-electron chi connectivity index (χ1n) is 8.39. The molecule has 2 aliphatic carbocycles. The Hall–Kier alpha value is -2.37. The summed E-state index contributed by atoms with van der Waals surface area (Å²) in [7, 11) is 1.62. The molecule has 1 fully saturated rings. The first kappa shape index (κ1) is 16.1. The first-order chi connectivity index (χ1) is 11.8. The number of amides is 1. The lowest BCUT2D eigenvalue weighted by Gasteiger charge is -2.35. The molecule has 0 unspecified atom stereocenters. The Bertz CT molecular complexity index is 876. The maximum atomic E-state index is 14.1. The second kappa shape index (κ2) is 5.07. The Morgan fingerprint density at radius 2 is 1.92 bits per heavy atom. The standard InChI is InChI=1S/C19H19F2N3O/c1-18(2)11-7-8-19(18,17(25)22-3)16-10(11)9-14(23-24-16)15-12(20)5-4-6-13(15)21/h4-6,9,11H,7-8H2,1-3H3,(H,22,25)/t11-,19+/m1/s1. The average Bonchev–Trinajstić information content (AvgIpc) is 2.96. The van der Waals surface area contributed by atoms with Crippen molar-refractivity contribution in [2.24, 2.45) is 5.41 Å². The van der Waals surface area contributed by atoms with Crippen molar-refractivity contribution in [3.63, 3.8) is 0 Å². The van der Waals surface area contributed by atoms with Crippen LogP contribution in [-0.4, -0.2) is 23.2 Å². The molecule has 2 bridgehead atoms. The maximum Gasteiger partial charge on any atom is 0.232 e. The van der Waals surface area contributed by atoms with Crippen LogP contribution in [0.5, 0.6) is 0 Å². The molecular formula is C19H19F2N3O. The van der Waals surface area contributed by atoms with Crippen LogP contribution in [0, 0.1) is 17.0 Å². The summed E-state index contributed by atoms with van der Waals surface area (Å²) >= 11 is 0. The van der Waals surface area contributed by atoms with Gasteiger partial charge in [0.15, 0.2) is 0 Å². The predicted molar refractivity (Wildman–Crippen MR) is 88.9 cm³/mol. The van der Waals surface area contributed by atoms with Crippen LogP contribution in [0.4, 0.5) is 8.78 Å². The molecule has 25 heavy (non-hydrogen) atoms. The van der Waals surface area contributed by atoms with Gasteiger partial charge in [0.1, 0.15) is 11.6 Å². The average molecular weight is 343 g/mol. The Labute approximate surface area is 144 Å². The van der Waals surface area contributed by atoms with E-state index in [-0.39, 0.29) is 28.5 Å². The van der Waals surface area contributed by atoms with E-state index in [0.717, 1.165) is 12.0 Å². The summed E-state index contributed by atoms with van der Waals surface area (Å²) < 4.78 is 28.2. The topological polar surface area (TPSA) is 54.9 Å². The van der Waals surface area contributed by atoms with Gasteiger partial charge in [0.05, 0.1) is 22.4 Å². The number of rotatable bonds is 2. The minimum Gasteiger partial charge on any atom is -0.358 e. The molecule has 130 valence electrons. The second-order valence-electron chi connectivity index (χ2n) is 7.43. The summed E-state index contributed by atoms with van der Waals surface area (Å²) in [6, 6.07) is 5.44. The largest absolute Gasteiger partial charge is 0.358 e. The summed E-state index contributed by atoms with van der Waals surface area (Å²) in [5, 5.41) is 11.1. The summed E-state index contributed by atoms with van der Waals surface area (Å²) in [5.41, 5.74) is 0.468. The molecule has 0 saturated heterocycles. The van der Waals surface area contributed by atoms with E-state index in [1.165, 1.54) is 18.2 Å². The van der Waals surface area contributed by atoms with Crippen LogP contribution in [0.15, 0.2) is 24.3 Å². The van der Waals surface area contributed by atoms with Crippen molar-refractivity contribution in [3.8, 4) is 11.3 Å². The molecule has 6 heteroatoms. The van der Waals surface area contributed by atoms with Crippen molar-refractivity contribution in [2.45, 2.75) is 38.0 Å². The van der Waals surface area contributed by atoms with E-state index in [9.17, 15) is 13.6 Å². The van der Waals surface area contributed by atoms with Gasteiger partial charge in [-0.25, -0.2) is 8.78 Å². The molecule has 2 aliphatic rings. The molecular weight excluding hydrogens is 324 g/mol. The Kier molecular flexibility index (Phi) is 3.27. The molecule has 1 N–H and O–H groups in total. The third-order valence-electron chi connectivity index (χ3n) is 6.22. The van der Waals surface area contributed by atoms with E-state index < -0.39 is 17.0 Å². The monoisotopic (exact) mass is 343 g/mol. The van der Waals surface area contributed by atoms with Crippen molar-refractivity contribution < 1.29 is 13.6 Å². The number of nitrogens with one attached hydrogen (secondary N) is 1. The number of carbonyl (C=O) groups excluding carboxylic acids is 1. The van der Waals surface area contributed by atoms with Crippen LogP contribution in [-0.2, 0) is 10.2 Å². The van der Waals surface area contributed by atoms with Crippen LogP contribution in [0.3, 0.4) is 0 Å². The third kappa shape index (κ3) is 1.82. The van der Waals surface area contributed by atoms with Gasteiger partial charge < -0.3 is 5.32 Å². The van der Waals surface area contributed by atoms with Gasteiger partial charge in [0, 0.05) is 7.05 Å². The second-order valence-corrected chi connectivity index (χ2v) is 7.43. The Balaban J connectivity index is 1.93. The van der Waals surface area contributed by atoms with Crippen molar-refractivity contribution in [1.82, 2.24) is 15.5 Å². The Morgan fingerprint density at radius 3 is 2.56 bits per heavy atom.